The van der Waals surface area contributed by atoms with Crippen molar-refractivity contribution in [3.8, 4) is 0 Å². The Labute approximate surface area is 129 Å². The first kappa shape index (κ1) is 14.7. The summed E-state index contributed by atoms with van der Waals surface area (Å²) in [5, 5.41) is 18.5. The molecule has 0 radical (unpaired) electrons. The van der Waals surface area contributed by atoms with Gasteiger partial charge in [0.25, 0.3) is 0 Å². The van der Waals surface area contributed by atoms with Crippen molar-refractivity contribution in [2.24, 2.45) is 0 Å². The van der Waals surface area contributed by atoms with Crippen LogP contribution in [-0.2, 0) is 13.1 Å². The zero-order chi connectivity index (χ0) is 14.5. The lowest BCUT2D eigenvalue weighted by Crippen LogP contribution is -2.52. The molecule has 114 valence electrons. The second-order valence-electron chi connectivity index (χ2n) is 5.53. The molecule has 0 amide bonds. The lowest BCUT2D eigenvalue weighted by molar-refractivity contribution is 0.0501. The van der Waals surface area contributed by atoms with Gasteiger partial charge in [-0.15, -0.1) is 11.3 Å². The van der Waals surface area contributed by atoms with E-state index in [2.05, 4.69) is 37.5 Å². The van der Waals surface area contributed by atoms with Crippen molar-refractivity contribution in [1.82, 2.24) is 20.0 Å². The van der Waals surface area contributed by atoms with E-state index in [0.29, 0.717) is 6.04 Å². The predicted molar refractivity (Wildman–Crippen MR) is 84.1 cm³/mol. The molecule has 1 aliphatic rings. The highest BCUT2D eigenvalue weighted by atomic mass is 32.1. The molecule has 0 spiro atoms. The third-order valence-electron chi connectivity index (χ3n) is 4.04. The molecule has 1 aliphatic heterocycles. The zero-order valence-corrected chi connectivity index (χ0v) is 12.9. The Morgan fingerprint density at radius 2 is 2.29 bits per heavy atom. The van der Waals surface area contributed by atoms with Crippen LogP contribution < -0.4 is 0 Å². The molecule has 0 aliphatic carbocycles. The highest BCUT2D eigenvalue weighted by molar-refractivity contribution is 7.09. The quantitative estimate of drug-likeness (QED) is 0.850. The van der Waals surface area contributed by atoms with Crippen LogP contribution in [0.2, 0.25) is 0 Å². The SMILES string of the molecule is OCC[C@H]1CN(Cc2ccn[nH]2)CCN1Cc1cccs1. The Balaban J connectivity index is 1.59. The lowest BCUT2D eigenvalue weighted by Gasteiger charge is -2.41. The van der Waals surface area contributed by atoms with Crippen LogP contribution in [0, 0.1) is 0 Å². The summed E-state index contributed by atoms with van der Waals surface area (Å²) in [6.07, 6.45) is 2.64. The van der Waals surface area contributed by atoms with Crippen LogP contribution in [0.5, 0.6) is 0 Å². The largest absolute Gasteiger partial charge is 0.396 e. The third kappa shape index (κ3) is 3.91. The van der Waals surface area contributed by atoms with Crippen molar-refractivity contribution in [2.75, 3.05) is 26.2 Å². The second kappa shape index (κ2) is 7.17. The van der Waals surface area contributed by atoms with Crippen molar-refractivity contribution >= 4 is 11.3 Å². The number of aliphatic hydroxyl groups excluding tert-OH is 1. The van der Waals surface area contributed by atoms with Crippen LogP contribution in [0.25, 0.3) is 0 Å². The normalized spacial score (nSPS) is 20.9. The Morgan fingerprint density at radius 3 is 3.00 bits per heavy atom. The van der Waals surface area contributed by atoms with E-state index in [1.54, 1.807) is 6.20 Å². The Hall–Kier alpha value is -1.21. The average molecular weight is 306 g/mol. The Morgan fingerprint density at radius 1 is 1.33 bits per heavy atom. The molecule has 1 atom stereocenters. The molecule has 0 aromatic carbocycles. The molecule has 5 nitrogen and oxygen atoms in total. The second-order valence-corrected chi connectivity index (χ2v) is 6.57. The minimum atomic E-state index is 0.253. The van der Waals surface area contributed by atoms with E-state index >= 15 is 0 Å². The number of H-pyrrole nitrogens is 1. The van der Waals surface area contributed by atoms with Crippen molar-refractivity contribution < 1.29 is 5.11 Å². The first-order chi connectivity index (χ1) is 10.3. The van der Waals surface area contributed by atoms with Crippen molar-refractivity contribution in [3.05, 3.63) is 40.3 Å². The number of rotatable bonds is 6. The van der Waals surface area contributed by atoms with Gasteiger partial charge in [0.15, 0.2) is 0 Å². The van der Waals surface area contributed by atoms with Crippen LogP contribution >= 0.6 is 11.3 Å². The van der Waals surface area contributed by atoms with Gasteiger partial charge in [0.2, 0.25) is 0 Å². The molecular formula is C15H22N4OS. The number of aromatic amines is 1. The van der Waals surface area contributed by atoms with E-state index in [4.69, 9.17) is 0 Å². The number of piperazine rings is 1. The molecule has 21 heavy (non-hydrogen) atoms. The summed E-state index contributed by atoms with van der Waals surface area (Å²) in [7, 11) is 0. The summed E-state index contributed by atoms with van der Waals surface area (Å²) >= 11 is 1.81. The lowest BCUT2D eigenvalue weighted by atomic mass is 10.1. The minimum Gasteiger partial charge on any atom is -0.396 e. The summed E-state index contributed by atoms with van der Waals surface area (Å²) in [4.78, 5) is 6.35. The molecule has 0 bridgehead atoms. The monoisotopic (exact) mass is 306 g/mol. The number of thiophene rings is 1. The average Bonchev–Trinajstić information content (AvgIpc) is 3.15. The number of aromatic nitrogens is 2. The minimum absolute atomic E-state index is 0.253. The number of aliphatic hydroxyl groups is 1. The topological polar surface area (TPSA) is 55.4 Å². The van der Waals surface area contributed by atoms with E-state index in [0.717, 1.165) is 44.8 Å². The summed E-state index contributed by atoms with van der Waals surface area (Å²) in [5.41, 5.74) is 1.16. The maximum absolute atomic E-state index is 9.35. The van der Waals surface area contributed by atoms with Gasteiger partial charge in [0.1, 0.15) is 0 Å². The van der Waals surface area contributed by atoms with Gasteiger partial charge in [0.05, 0.1) is 0 Å². The molecule has 3 heterocycles. The van der Waals surface area contributed by atoms with Crippen LogP contribution in [0.15, 0.2) is 29.8 Å². The van der Waals surface area contributed by atoms with Crippen LogP contribution in [0.4, 0.5) is 0 Å². The van der Waals surface area contributed by atoms with Crippen molar-refractivity contribution in [3.63, 3.8) is 0 Å². The zero-order valence-electron chi connectivity index (χ0n) is 12.1. The van der Waals surface area contributed by atoms with Gasteiger partial charge in [-0.25, -0.2) is 0 Å². The van der Waals surface area contributed by atoms with E-state index in [1.165, 1.54) is 4.88 Å². The molecule has 3 rings (SSSR count). The summed E-state index contributed by atoms with van der Waals surface area (Å²) in [6, 6.07) is 6.75. The Bertz CT molecular complexity index is 514. The molecule has 2 aromatic rings. The maximum Gasteiger partial charge on any atom is 0.0492 e. The molecule has 6 heteroatoms. The number of hydrogen-bond donors (Lipinski definition) is 2. The maximum atomic E-state index is 9.35. The standard InChI is InChI=1S/C15H22N4OS/c20-8-4-14-11-18(10-13-3-5-16-17-13)6-7-19(14)12-15-2-1-9-21-15/h1-3,5,9,14,20H,4,6-8,10-12H2,(H,16,17)/t14-/m0/s1. The van der Waals surface area contributed by atoms with Gasteiger partial charge in [-0.1, -0.05) is 6.07 Å². The fourth-order valence-corrected chi connectivity index (χ4v) is 3.68. The fourth-order valence-electron chi connectivity index (χ4n) is 2.95. The Kier molecular flexibility index (Phi) is 5.03. The first-order valence-corrected chi connectivity index (χ1v) is 8.31. The molecule has 1 saturated heterocycles. The van der Waals surface area contributed by atoms with Gasteiger partial charge in [0, 0.05) is 62.1 Å². The fraction of sp³-hybridized carbons (Fsp3) is 0.533. The van der Waals surface area contributed by atoms with E-state index < -0.39 is 0 Å². The first-order valence-electron chi connectivity index (χ1n) is 7.43. The van der Waals surface area contributed by atoms with Gasteiger partial charge >= 0.3 is 0 Å². The summed E-state index contributed by atoms with van der Waals surface area (Å²) < 4.78 is 0. The molecule has 2 aromatic heterocycles. The van der Waals surface area contributed by atoms with E-state index in [9.17, 15) is 5.11 Å². The van der Waals surface area contributed by atoms with E-state index in [-0.39, 0.29) is 6.61 Å². The van der Waals surface area contributed by atoms with Gasteiger partial charge in [-0.05, 0) is 23.9 Å². The number of nitrogens with zero attached hydrogens (tertiary/aromatic N) is 3. The smallest absolute Gasteiger partial charge is 0.0492 e. The van der Waals surface area contributed by atoms with E-state index in [1.807, 2.05) is 17.4 Å². The number of nitrogens with one attached hydrogen (secondary N) is 1. The highest BCUT2D eigenvalue weighted by Gasteiger charge is 2.26. The summed E-state index contributed by atoms with van der Waals surface area (Å²) in [6.45, 7) is 5.28. The third-order valence-corrected chi connectivity index (χ3v) is 4.90. The molecule has 2 N–H and O–H groups in total. The number of hydrogen-bond acceptors (Lipinski definition) is 5. The highest BCUT2D eigenvalue weighted by Crippen LogP contribution is 2.19. The molecular weight excluding hydrogens is 284 g/mol. The molecule has 0 saturated carbocycles. The van der Waals surface area contributed by atoms with Crippen LogP contribution in [-0.4, -0.2) is 57.4 Å². The molecule has 1 fully saturated rings. The van der Waals surface area contributed by atoms with Gasteiger partial charge in [-0.2, -0.15) is 5.10 Å². The summed E-state index contributed by atoms with van der Waals surface area (Å²) in [5.74, 6) is 0. The predicted octanol–water partition coefficient (Wildman–Crippen LogP) is 1.54. The van der Waals surface area contributed by atoms with Crippen molar-refractivity contribution in [2.45, 2.75) is 25.6 Å². The van der Waals surface area contributed by atoms with Crippen LogP contribution in [0.3, 0.4) is 0 Å². The van der Waals surface area contributed by atoms with Crippen LogP contribution in [0.1, 0.15) is 17.0 Å². The van der Waals surface area contributed by atoms with Gasteiger partial charge in [-0.3, -0.25) is 14.9 Å². The van der Waals surface area contributed by atoms with Crippen molar-refractivity contribution in [1.29, 1.82) is 0 Å². The molecule has 0 unspecified atom stereocenters. The van der Waals surface area contributed by atoms with Gasteiger partial charge < -0.3 is 5.11 Å².